The maximum absolute atomic E-state index is 9.36. The molecule has 0 unspecified atom stereocenters. The summed E-state index contributed by atoms with van der Waals surface area (Å²) in [5.74, 6) is -0.0591. The van der Waals surface area contributed by atoms with Gasteiger partial charge in [-0.25, -0.2) is 0 Å². The summed E-state index contributed by atoms with van der Waals surface area (Å²) in [4.78, 5) is 0. The van der Waals surface area contributed by atoms with Crippen LogP contribution in [0.3, 0.4) is 0 Å². The molecule has 0 aromatic rings. The van der Waals surface area contributed by atoms with Crippen molar-refractivity contribution in [2.45, 2.75) is 26.9 Å². The molecule has 2 N–H and O–H groups in total. The largest absolute Gasteiger partial charge is 0.396 e. The molecule has 0 radical (unpaired) electrons. The Morgan fingerprint density at radius 3 is 2.40 bits per heavy atom. The van der Waals surface area contributed by atoms with E-state index in [2.05, 4.69) is 0 Å². The Hall–Kier alpha value is -0.340. The van der Waals surface area contributed by atoms with Gasteiger partial charge in [0.15, 0.2) is 0 Å². The first-order chi connectivity index (χ1) is 4.63. The minimum absolute atomic E-state index is 0.0341. The third kappa shape index (κ3) is 2.50. The van der Waals surface area contributed by atoms with Crippen LogP contribution in [0.4, 0.5) is 0 Å². The van der Waals surface area contributed by atoms with Crippen LogP contribution in [0.1, 0.15) is 20.8 Å². The van der Waals surface area contributed by atoms with Gasteiger partial charge >= 0.3 is 0 Å². The van der Waals surface area contributed by atoms with E-state index in [0.717, 1.165) is 5.57 Å². The summed E-state index contributed by atoms with van der Waals surface area (Å²) in [7, 11) is 0. The first kappa shape index (κ1) is 9.66. The van der Waals surface area contributed by atoms with E-state index in [4.69, 9.17) is 5.11 Å². The molecule has 0 aromatic heterocycles. The highest BCUT2D eigenvalue weighted by Gasteiger charge is 2.13. The van der Waals surface area contributed by atoms with Crippen molar-refractivity contribution in [2.75, 3.05) is 6.61 Å². The van der Waals surface area contributed by atoms with Gasteiger partial charge in [0.05, 0.1) is 6.10 Å². The molecule has 0 spiro atoms. The fourth-order valence-electron chi connectivity index (χ4n) is 0.719. The average molecular weight is 144 g/mol. The maximum atomic E-state index is 9.36. The Balaban J connectivity index is 3.94. The van der Waals surface area contributed by atoms with Crippen molar-refractivity contribution in [1.82, 2.24) is 0 Å². The van der Waals surface area contributed by atoms with Crippen molar-refractivity contribution in [2.24, 2.45) is 5.92 Å². The number of aliphatic hydroxyl groups is 2. The molecule has 0 fully saturated rings. The van der Waals surface area contributed by atoms with Gasteiger partial charge in [0.2, 0.25) is 0 Å². The van der Waals surface area contributed by atoms with Crippen LogP contribution in [0.2, 0.25) is 0 Å². The molecule has 0 bridgehead atoms. The lowest BCUT2D eigenvalue weighted by molar-refractivity contribution is 0.103. The van der Waals surface area contributed by atoms with Crippen LogP contribution in [0.25, 0.3) is 0 Å². The zero-order valence-corrected chi connectivity index (χ0v) is 6.83. The number of hydrogen-bond donors (Lipinski definition) is 2. The van der Waals surface area contributed by atoms with Crippen LogP contribution in [0, 0.1) is 5.92 Å². The van der Waals surface area contributed by atoms with Crippen molar-refractivity contribution in [3.63, 3.8) is 0 Å². The Kier molecular flexibility index (Phi) is 4.32. The molecule has 10 heavy (non-hydrogen) atoms. The van der Waals surface area contributed by atoms with Crippen molar-refractivity contribution in [1.29, 1.82) is 0 Å². The van der Waals surface area contributed by atoms with Crippen LogP contribution in [0.5, 0.6) is 0 Å². The quantitative estimate of drug-likeness (QED) is 0.579. The Bertz CT molecular complexity index is 118. The van der Waals surface area contributed by atoms with Gasteiger partial charge in [-0.1, -0.05) is 13.0 Å². The molecule has 0 amide bonds. The monoisotopic (exact) mass is 144 g/mol. The van der Waals surface area contributed by atoms with Crippen LogP contribution in [0.15, 0.2) is 11.6 Å². The first-order valence-corrected chi connectivity index (χ1v) is 3.55. The van der Waals surface area contributed by atoms with E-state index in [9.17, 15) is 5.11 Å². The van der Waals surface area contributed by atoms with E-state index in [-0.39, 0.29) is 12.5 Å². The van der Waals surface area contributed by atoms with Crippen molar-refractivity contribution >= 4 is 0 Å². The molecule has 2 nitrogen and oxygen atoms in total. The van der Waals surface area contributed by atoms with E-state index >= 15 is 0 Å². The summed E-state index contributed by atoms with van der Waals surface area (Å²) in [5.41, 5.74) is 0.918. The number of hydrogen-bond acceptors (Lipinski definition) is 2. The van der Waals surface area contributed by atoms with Crippen LogP contribution < -0.4 is 0 Å². The van der Waals surface area contributed by atoms with E-state index in [1.807, 2.05) is 26.8 Å². The van der Waals surface area contributed by atoms with E-state index in [0.29, 0.717) is 0 Å². The minimum Gasteiger partial charge on any atom is -0.396 e. The van der Waals surface area contributed by atoms with Gasteiger partial charge in [-0.15, -0.1) is 0 Å². The maximum Gasteiger partial charge on any atom is 0.0794 e. The smallest absolute Gasteiger partial charge is 0.0794 e. The van der Waals surface area contributed by atoms with Crippen molar-refractivity contribution in [3.8, 4) is 0 Å². The van der Waals surface area contributed by atoms with Crippen LogP contribution in [-0.2, 0) is 0 Å². The normalized spacial score (nSPS) is 18.7. The van der Waals surface area contributed by atoms with Gasteiger partial charge in [-0.3, -0.25) is 0 Å². The second-order valence-corrected chi connectivity index (χ2v) is 2.64. The fraction of sp³-hybridized carbons (Fsp3) is 0.750. The third-order valence-corrected chi connectivity index (χ3v) is 1.75. The molecule has 60 valence electrons. The molecule has 0 heterocycles. The van der Waals surface area contributed by atoms with E-state index < -0.39 is 6.10 Å². The first-order valence-electron chi connectivity index (χ1n) is 3.55. The molecule has 0 aliphatic rings. The van der Waals surface area contributed by atoms with Gasteiger partial charge in [-0.05, 0) is 19.4 Å². The van der Waals surface area contributed by atoms with Gasteiger partial charge in [0.1, 0.15) is 0 Å². The van der Waals surface area contributed by atoms with Crippen molar-refractivity contribution in [3.05, 3.63) is 11.6 Å². The summed E-state index contributed by atoms with van der Waals surface area (Å²) in [5, 5.41) is 18.0. The lowest BCUT2D eigenvalue weighted by atomic mass is 9.99. The predicted molar refractivity (Wildman–Crippen MR) is 41.7 cm³/mol. The molecule has 2 atom stereocenters. The number of aliphatic hydroxyl groups excluding tert-OH is 2. The lowest BCUT2D eigenvalue weighted by Crippen LogP contribution is -2.21. The van der Waals surface area contributed by atoms with Crippen LogP contribution in [-0.4, -0.2) is 22.9 Å². The minimum atomic E-state index is -0.491. The zero-order chi connectivity index (χ0) is 8.15. The topological polar surface area (TPSA) is 40.5 Å². The van der Waals surface area contributed by atoms with E-state index in [1.165, 1.54) is 0 Å². The number of allylic oxidation sites excluding steroid dienone is 1. The molecular formula is C8H16O2. The molecule has 0 aromatic carbocycles. The lowest BCUT2D eigenvalue weighted by Gasteiger charge is -2.16. The molecule has 0 aliphatic heterocycles. The second-order valence-electron chi connectivity index (χ2n) is 2.64. The molecule has 0 saturated heterocycles. The highest BCUT2D eigenvalue weighted by molar-refractivity contribution is 5.03. The highest BCUT2D eigenvalue weighted by Crippen LogP contribution is 2.10. The molecule has 0 aliphatic carbocycles. The average Bonchev–Trinajstić information content (AvgIpc) is 2.00. The second kappa shape index (κ2) is 4.47. The fourth-order valence-corrected chi connectivity index (χ4v) is 0.719. The van der Waals surface area contributed by atoms with E-state index in [1.54, 1.807) is 0 Å². The predicted octanol–water partition coefficient (Wildman–Crippen LogP) is 0.942. The standard InChI is InChI=1S/C8H16O2/c1-4-6(2)8(10)7(3)5-9/h4,7-10H,5H2,1-3H3/b6-4-/t7-,8-/m0/s1. The summed E-state index contributed by atoms with van der Waals surface area (Å²) < 4.78 is 0. The van der Waals surface area contributed by atoms with Gasteiger partial charge in [0.25, 0.3) is 0 Å². The summed E-state index contributed by atoms with van der Waals surface area (Å²) >= 11 is 0. The molecular weight excluding hydrogens is 128 g/mol. The Labute approximate surface area is 62.2 Å². The number of rotatable bonds is 3. The summed E-state index contributed by atoms with van der Waals surface area (Å²) in [6, 6.07) is 0. The zero-order valence-electron chi connectivity index (χ0n) is 6.83. The van der Waals surface area contributed by atoms with Gasteiger partial charge in [-0.2, -0.15) is 0 Å². The van der Waals surface area contributed by atoms with Crippen LogP contribution >= 0.6 is 0 Å². The van der Waals surface area contributed by atoms with Gasteiger partial charge < -0.3 is 10.2 Å². The summed E-state index contributed by atoms with van der Waals surface area (Å²) in [6.45, 7) is 5.59. The molecule has 0 rings (SSSR count). The molecule has 0 saturated carbocycles. The third-order valence-electron chi connectivity index (χ3n) is 1.75. The Morgan fingerprint density at radius 1 is 1.60 bits per heavy atom. The summed E-state index contributed by atoms with van der Waals surface area (Å²) in [6.07, 6.45) is 1.37. The Morgan fingerprint density at radius 2 is 2.10 bits per heavy atom. The SMILES string of the molecule is C/C=C(/C)[C@H](O)[C@@H](C)CO. The molecule has 2 heteroatoms. The van der Waals surface area contributed by atoms with Crippen molar-refractivity contribution < 1.29 is 10.2 Å². The van der Waals surface area contributed by atoms with Gasteiger partial charge in [0, 0.05) is 12.5 Å². The highest BCUT2D eigenvalue weighted by atomic mass is 16.3.